The van der Waals surface area contributed by atoms with Crippen molar-refractivity contribution in [3.05, 3.63) is 22.7 Å². The van der Waals surface area contributed by atoms with Crippen molar-refractivity contribution in [3.63, 3.8) is 0 Å². The van der Waals surface area contributed by atoms with Gasteiger partial charge >= 0.3 is 0 Å². The molecule has 0 spiro atoms. The van der Waals surface area contributed by atoms with E-state index in [0.29, 0.717) is 16.9 Å². The van der Waals surface area contributed by atoms with E-state index in [1.807, 2.05) is 13.8 Å². The van der Waals surface area contributed by atoms with Crippen molar-refractivity contribution in [1.82, 2.24) is 20.6 Å². The Hall–Kier alpha value is -1.20. The van der Waals surface area contributed by atoms with E-state index < -0.39 is 0 Å². The van der Waals surface area contributed by atoms with Crippen LogP contribution in [0, 0.1) is 0 Å². The highest BCUT2D eigenvalue weighted by molar-refractivity contribution is 6.33. The molecule has 0 bridgehead atoms. The lowest BCUT2D eigenvalue weighted by atomic mass is 10.0. The van der Waals surface area contributed by atoms with Crippen molar-refractivity contribution in [2.45, 2.75) is 51.6 Å². The van der Waals surface area contributed by atoms with Crippen molar-refractivity contribution in [1.29, 1.82) is 0 Å². The Bertz CT molecular complexity index is 492. The van der Waals surface area contributed by atoms with Gasteiger partial charge in [-0.15, -0.1) is 0 Å². The zero-order valence-corrected chi connectivity index (χ0v) is 12.9. The molecule has 2 N–H and O–H groups in total. The fourth-order valence-electron chi connectivity index (χ4n) is 2.33. The number of rotatable bonds is 3. The van der Waals surface area contributed by atoms with Crippen LogP contribution < -0.4 is 10.6 Å². The summed E-state index contributed by atoms with van der Waals surface area (Å²) in [6.45, 7) is 7.01. The highest BCUT2D eigenvalue weighted by Gasteiger charge is 2.22. The van der Waals surface area contributed by atoms with E-state index in [-0.39, 0.29) is 23.6 Å². The Balaban J connectivity index is 2.10. The fraction of sp³-hybridized carbons (Fsp3) is 0.643. The Kier molecular flexibility index (Phi) is 4.94. The molecular weight excluding hydrogens is 276 g/mol. The minimum absolute atomic E-state index is 0.165. The molecule has 20 heavy (non-hydrogen) atoms. The lowest BCUT2D eigenvalue weighted by Gasteiger charge is -2.28. The van der Waals surface area contributed by atoms with Gasteiger partial charge in [0.2, 0.25) is 0 Å². The third-order valence-corrected chi connectivity index (χ3v) is 3.73. The Morgan fingerprint density at radius 2 is 2.30 bits per heavy atom. The number of carbonyl (C=O) groups excluding carboxylic acids is 1. The molecule has 2 atom stereocenters. The minimum atomic E-state index is -0.210. The van der Waals surface area contributed by atoms with Crippen molar-refractivity contribution in [2.75, 3.05) is 6.54 Å². The van der Waals surface area contributed by atoms with Gasteiger partial charge in [-0.25, -0.2) is 9.97 Å². The summed E-state index contributed by atoms with van der Waals surface area (Å²) in [5.41, 5.74) is 0.275. The van der Waals surface area contributed by atoms with E-state index in [1.54, 1.807) is 0 Å². The SMILES string of the molecule is CC1CC(NC(=O)c2nc(C(C)C)ncc2Cl)CCN1. The molecule has 5 nitrogen and oxygen atoms in total. The van der Waals surface area contributed by atoms with E-state index in [2.05, 4.69) is 27.5 Å². The number of hydrogen-bond acceptors (Lipinski definition) is 4. The summed E-state index contributed by atoms with van der Waals surface area (Å²) < 4.78 is 0. The van der Waals surface area contributed by atoms with Gasteiger partial charge in [0.25, 0.3) is 5.91 Å². The molecule has 6 heteroatoms. The number of piperidine rings is 1. The van der Waals surface area contributed by atoms with Crippen LogP contribution in [0.15, 0.2) is 6.20 Å². The Morgan fingerprint density at radius 3 is 2.95 bits per heavy atom. The summed E-state index contributed by atoms with van der Waals surface area (Å²) in [7, 11) is 0. The maximum absolute atomic E-state index is 12.3. The molecule has 1 aliphatic heterocycles. The van der Waals surface area contributed by atoms with Crippen LogP contribution in [0.4, 0.5) is 0 Å². The number of hydrogen-bond donors (Lipinski definition) is 2. The van der Waals surface area contributed by atoms with Crippen molar-refractivity contribution < 1.29 is 4.79 Å². The number of aromatic nitrogens is 2. The number of halogens is 1. The van der Waals surface area contributed by atoms with Gasteiger partial charge in [-0.05, 0) is 26.3 Å². The molecule has 0 saturated carbocycles. The molecule has 1 aliphatic rings. The Morgan fingerprint density at radius 1 is 1.55 bits per heavy atom. The van der Waals surface area contributed by atoms with Crippen LogP contribution in [-0.2, 0) is 0 Å². The quantitative estimate of drug-likeness (QED) is 0.897. The van der Waals surface area contributed by atoms with Crippen LogP contribution in [0.3, 0.4) is 0 Å². The average Bonchev–Trinajstić information content (AvgIpc) is 2.38. The first kappa shape index (κ1) is 15.2. The number of nitrogens with zero attached hydrogens (tertiary/aromatic N) is 2. The zero-order chi connectivity index (χ0) is 14.7. The predicted octanol–water partition coefficient (Wildman–Crippen LogP) is 2.12. The van der Waals surface area contributed by atoms with E-state index >= 15 is 0 Å². The van der Waals surface area contributed by atoms with Crippen molar-refractivity contribution in [3.8, 4) is 0 Å². The highest BCUT2D eigenvalue weighted by Crippen LogP contribution is 2.17. The van der Waals surface area contributed by atoms with Crippen LogP contribution in [0.2, 0.25) is 5.02 Å². The topological polar surface area (TPSA) is 66.9 Å². The normalized spacial score (nSPS) is 22.9. The molecule has 110 valence electrons. The van der Waals surface area contributed by atoms with Gasteiger partial charge in [0, 0.05) is 18.0 Å². The first-order valence-corrected chi connectivity index (χ1v) is 7.42. The molecular formula is C14H21ClN4O. The molecule has 1 aromatic heterocycles. The van der Waals surface area contributed by atoms with Gasteiger partial charge in [-0.2, -0.15) is 0 Å². The summed E-state index contributed by atoms with van der Waals surface area (Å²) in [6.07, 6.45) is 3.35. The second-order valence-electron chi connectivity index (χ2n) is 5.63. The second kappa shape index (κ2) is 6.50. The molecule has 0 aromatic carbocycles. The summed E-state index contributed by atoms with van der Waals surface area (Å²) in [5.74, 6) is 0.592. The van der Waals surface area contributed by atoms with Gasteiger partial charge in [0.1, 0.15) is 11.5 Å². The van der Waals surface area contributed by atoms with E-state index in [1.165, 1.54) is 6.20 Å². The van der Waals surface area contributed by atoms with Crippen molar-refractivity contribution in [2.24, 2.45) is 0 Å². The molecule has 1 fully saturated rings. The van der Waals surface area contributed by atoms with Gasteiger partial charge in [0.05, 0.1) is 11.2 Å². The second-order valence-corrected chi connectivity index (χ2v) is 6.04. The zero-order valence-electron chi connectivity index (χ0n) is 12.1. The van der Waals surface area contributed by atoms with Gasteiger partial charge in [-0.1, -0.05) is 25.4 Å². The predicted molar refractivity (Wildman–Crippen MR) is 79.1 cm³/mol. The van der Waals surface area contributed by atoms with Gasteiger partial charge in [-0.3, -0.25) is 4.79 Å². The maximum Gasteiger partial charge on any atom is 0.271 e. The lowest BCUT2D eigenvalue weighted by Crippen LogP contribution is -2.46. The third-order valence-electron chi connectivity index (χ3n) is 3.45. The number of amides is 1. The smallest absolute Gasteiger partial charge is 0.271 e. The summed E-state index contributed by atoms with van der Waals surface area (Å²) in [6, 6.07) is 0.591. The van der Waals surface area contributed by atoms with Gasteiger partial charge < -0.3 is 10.6 Å². The standard InChI is InChI=1S/C14H21ClN4O/c1-8(2)13-17-7-11(15)12(19-13)14(20)18-10-4-5-16-9(3)6-10/h7-10,16H,4-6H2,1-3H3,(H,18,20). The van der Waals surface area contributed by atoms with E-state index in [4.69, 9.17) is 11.6 Å². The largest absolute Gasteiger partial charge is 0.348 e. The molecule has 0 radical (unpaired) electrons. The van der Waals surface area contributed by atoms with Crippen LogP contribution in [-0.4, -0.2) is 34.5 Å². The summed E-state index contributed by atoms with van der Waals surface area (Å²) in [4.78, 5) is 20.7. The van der Waals surface area contributed by atoms with Crippen molar-refractivity contribution >= 4 is 17.5 Å². The maximum atomic E-state index is 12.3. The molecule has 2 heterocycles. The van der Waals surface area contributed by atoms with Crippen LogP contribution >= 0.6 is 11.6 Å². The monoisotopic (exact) mass is 296 g/mol. The first-order valence-electron chi connectivity index (χ1n) is 7.04. The molecule has 0 aliphatic carbocycles. The van der Waals surface area contributed by atoms with E-state index in [0.717, 1.165) is 19.4 Å². The average molecular weight is 297 g/mol. The molecule has 2 unspecified atom stereocenters. The van der Waals surface area contributed by atoms with Crippen LogP contribution in [0.5, 0.6) is 0 Å². The molecule has 1 saturated heterocycles. The lowest BCUT2D eigenvalue weighted by molar-refractivity contribution is 0.0920. The fourth-order valence-corrected chi connectivity index (χ4v) is 2.51. The number of nitrogens with one attached hydrogen (secondary N) is 2. The number of carbonyl (C=O) groups is 1. The van der Waals surface area contributed by atoms with E-state index in [9.17, 15) is 4.79 Å². The molecule has 2 rings (SSSR count). The summed E-state index contributed by atoms with van der Waals surface area (Å²) in [5, 5.41) is 6.68. The first-order chi connectivity index (χ1) is 9.47. The molecule has 1 amide bonds. The summed E-state index contributed by atoms with van der Waals surface area (Å²) >= 11 is 6.04. The highest BCUT2D eigenvalue weighted by atomic mass is 35.5. The van der Waals surface area contributed by atoms with Gasteiger partial charge in [0.15, 0.2) is 0 Å². The van der Waals surface area contributed by atoms with Crippen LogP contribution in [0.1, 0.15) is 55.8 Å². The third kappa shape index (κ3) is 3.67. The Labute approximate surface area is 124 Å². The van der Waals surface area contributed by atoms with Crippen LogP contribution in [0.25, 0.3) is 0 Å². The minimum Gasteiger partial charge on any atom is -0.348 e. The molecule has 1 aromatic rings.